The number of rotatable bonds is 5. The van der Waals surface area contributed by atoms with Crippen LogP contribution < -0.4 is 10.2 Å². The van der Waals surface area contributed by atoms with Crippen LogP contribution in [0.4, 0.5) is 15.9 Å². The molecule has 0 spiro atoms. The van der Waals surface area contributed by atoms with Crippen LogP contribution in [0.3, 0.4) is 0 Å². The fraction of sp³-hybridized carbons (Fsp3) is 0.200. The maximum absolute atomic E-state index is 13.1. The molecule has 1 aliphatic rings. The number of hydrogen-bond acceptors (Lipinski definition) is 5. The van der Waals surface area contributed by atoms with Crippen molar-refractivity contribution >= 4 is 27.4 Å². The number of nitrogens with one attached hydrogen (secondary N) is 2. The van der Waals surface area contributed by atoms with E-state index in [2.05, 4.69) is 15.5 Å². The van der Waals surface area contributed by atoms with Crippen LogP contribution in [0, 0.1) is 5.82 Å². The molecule has 2 aromatic carbocycles. The van der Waals surface area contributed by atoms with Crippen molar-refractivity contribution in [2.45, 2.75) is 4.90 Å². The molecule has 2 N–H and O–H groups in total. The van der Waals surface area contributed by atoms with Gasteiger partial charge in [-0.2, -0.15) is 9.40 Å². The molecule has 2 heterocycles. The number of aromatic amines is 1. The maximum atomic E-state index is 13.1. The summed E-state index contributed by atoms with van der Waals surface area (Å²) in [6, 6.07) is 13.7. The van der Waals surface area contributed by atoms with Gasteiger partial charge in [-0.15, -0.1) is 0 Å². The predicted molar refractivity (Wildman–Crippen MR) is 110 cm³/mol. The molecule has 0 saturated carbocycles. The number of nitrogens with zero attached hydrogens (tertiary/aromatic N) is 3. The molecule has 156 valence electrons. The summed E-state index contributed by atoms with van der Waals surface area (Å²) in [4.78, 5) is 14.5. The lowest BCUT2D eigenvalue weighted by Crippen LogP contribution is -2.48. The molecule has 3 aromatic rings. The highest BCUT2D eigenvalue weighted by molar-refractivity contribution is 7.89. The number of sulfonamides is 1. The Bertz CT molecular complexity index is 1130. The van der Waals surface area contributed by atoms with Crippen molar-refractivity contribution in [1.29, 1.82) is 0 Å². The van der Waals surface area contributed by atoms with Gasteiger partial charge in [-0.25, -0.2) is 12.8 Å². The summed E-state index contributed by atoms with van der Waals surface area (Å²) < 4.78 is 40.7. The van der Waals surface area contributed by atoms with E-state index in [1.165, 1.54) is 34.8 Å². The highest BCUT2D eigenvalue weighted by atomic mass is 32.2. The standard InChI is InChI=1S/C20H20FN5O3S/c21-16-4-6-17(7-5-16)25-10-12-26(13-11-25)30(28,29)18-3-1-2-15(14-18)20(27)23-19-8-9-22-24-19/h1-9,14H,10-13H2,(H2,22,23,24,27). The van der Waals surface area contributed by atoms with Gasteiger partial charge in [0.05, 0.1) is 11.1 Å². The first-order valence-corrected chi connectivity index (χ1v) is 10.8. The minimum absolute atomic E-state index is 0.0648. The monoisotopic (exact) mass is 429 g/mol. The number of piperazine rings is 1. The zero-order chi connectivity index (χ0) is 21.1. The second kappa shape index (κ2) is 8.25. The third-order valence-corrected chi connectivity index (χ3v) is 6.81. The van der Waals surface area contributed by atoms with Gasteiger partial charge in [0.1, 0.15) is 11.6 Å². The summed E-state index contributed by atoms with van der Waals surface area (Å²) in [6.45, 7) is 1.57. The van der Waals surface area contributed by atoms with E-state index in [0.29, 0.717) is 32.0 Å². The molecule has 1 aromatic heterocycles. The summed E-state index contributed by atoms with van der Waals surface area (Å²) in [6.07, 6.45) is 1.50. The zero-order valence-corrected chi connectivity index (χ0v) is 16.8. The van der Waals surface area contributed by atoms with Crippen molar-refractivity contribution in [3.05, 3.63) is 72.2 Å². The molecular formula is C20H20FN5O3S. The Morgan fingerprint density at radius 3 is 2.43 bits per heavy atom. The molecule has 30 heavy (non-hydrogen) atoms. The molecular weight excluding hydrogens is 409 g/mol. The van der Waals surface area contributed by atoms with Crippen LogP contribution in [-0.2, 0) is 10.0 Å². The highest BCUT2D eigenvalue weighted by Gasteiger charge is 2.29. The Hall–Kier alpha value is -3.24. The highest BCUT2D eigenvalue weighted by Crippen LogP contribution is 2.22. The topological polar surface area (TPSA) is 98.4 Å². The van der Waals surface area contributed by atoms with Gasteiger partial charge >= 0.3 is 0 Å². The van der Waals surface area contributed by atoms with Crippen molar-refractivity contribution in [2.75, 3.05) is 36.4 Å². The summed E-state index contributed by atoms with van der Waals surface area (Å²) in [5, 5.41) is 9.00. The van der Waals surface area contributed by atoms with Crippen LogP contribution >= 0.6 is 0 Å². The van der Waals surface area contributed by atoms with Crippen molar-refractivity contribution < 1.29 is 17.6 Å². The van der Waals surface area contributed by atoms with E-state index in [0.717, 1.165) is 5.69 Å². The van der Waals surface area contributed by atoms with E-state index in [-0.39, 0.29) is 16.3 Å². The average molecular weight is 429 g/mol. The fourth-order valence-corrected chi connectivity index (χ4v) is 4.77. The van der Waals surface area contributed by atoms with E-state index in [9.17, 15) is 17.6 Å². The van der Waals surface area contributed by atoms with Gasteiger partial charge in [0.2, 0.25) is 10.0 Å². The molecule has 0 aliphatic carbocycles. The number of carbonyl (C=O) groups excluding carboxylic acids is 1. The molecule has 1 amide bonds. The maximum Gasteiger partial charge on any atom is 0.256 e. The van der Waals surface area contributed by atoms with Crippen molar-refractivity contribution in [2.24, 2.45) is 0 Å². The number of carbonyl (C=O) groups is 1. The first-order valence-electron chi connectivity index (χ1n) is 9.35. The van der Waals surface area contributed by atoms with Crippen LogP contribution in [0.1, 0.15) is 10.4 Å². The molecule has 1 fully saturated rings. The number of hydrogen-bond donors (Lipinski definition) is 2. The van der Waals surface area contributed by atoms with E-state index in [1.54, 1.807) is 30.3 Å². The number of benzene rings is 2. The Labute approximate surface area is 173 Å². The van der Waals surface area contributed by atoms with E-state index < -0.39 is 15.9 Å². The second-order valence-corrected chi connectivity index (χ2v) is 8.76. The Morgan fingerprint density at radius 2 is 1.77 bits per heavy atom. The van der Waals surface area contributed by atoms with E-state index in [4.69, 9.17) is 0 Å². The van der Waals surface area contributed by atoms with Crippen LogP contribution in [0.15, 0.2) is 65.7 Å². The van der Waals surface area contributed by atoms with Crippen LogP contribution in [0.25, 0.3) is 0 Å². The Kier molecular flexibility index (Phi) is 5.51. The number of halogens is 1. The number of aromatic nitrogens is 2. The quantitative estimate of drug-likeness (QED) is 0.649. The normalized spacial score (nSPS) is 15.2. The van der Waals surface area contributed by atoms with Gasteiger partial charge in [0, 0.05) is 43.5 Å². The zero-order valence-electron chi connectivity index (χ0n) is 16.0. The van der Waals surface area contributed by atoms with Gasteiger partial charge in [-0.3, -0.25) is 9.89 Å². The average Bonchev–Trinajstić information content (AvgIpc) is 3.27. The second-order valence-electron chi connectivity index (χ2n) is 6.82. The summed E-state index contributed by atoms with van der Waals surface area (Å²) >= 11 is 0. The van der Waals surface area contributed by atoms with E-state index in [1.807, 2.05) is 4.90 Å². The van der Waals surface area contributed by atoms with E-state index >= 15 is 0 Å². The minimum atomic E-state index is -3.75. The molecule has 8 nitrogen and oxygen atoms in total. The fourth-order valence-electron chi connectivity index (χ4n) is 3.31. The van der Waals surface area contributed by atoms with Gasteiger partial charge in [0.15, 0.2) is 0 Å². The molecule has 1 aliphatic heterocycles. The van der Waals surface area contributed by atoms with Crippen LogP contribution in [0.5, 0.6) is 0 Å². The van der Waals surface area contributed by atoms with Gasteiger partial charge in [-0.1, -0.05) is 6.07 Å². The first-order chi connectivity index (χ1) is 14.4. The number of H-pyrrole nitrogens is 1. The van der Waals surface area contributed by atoms with Crippen LogP contribution in [0.2, 0.25) is 0 Å². The van der Waals surface area contributed by atoms with Crippen molar-refractivity contribution in [3.63, 3.8) is 0 Å². The minimum Gasteiger partial charge on any atom is -0.369 e. The predicted octanol–water partition coefficient (Wildman–Crippen LogP) is 2.31. The van der Waals surface area contributed by atoms with Gasteiger partial charge in [-0.05, 0) is 42.5 Å². The summed E-state index contributed by atoms with van der Waals surface area (Å²) in [5.41, 5.74) is 1.08. The molecule has 0 atom stereocenters. The van der Waals surface area contributed by atoms with Crippen molar-refractivity contribution in [1.82, 2.24) is 14.5 Å². The smallest absolute Gasteiger partial charge is 0.256 e. The molecule has 1 saturated heterocycles. The third-order valence-electron chi connectivity index (χ3n) is 4.91. The number of amides is 1. The summed E-state index contributed by atoms with van der Waals surface area (Å²) in [7, 11) is -3.75. The molecule has 0 radical (unpaired) electrons. The lowest BCUT2D eigenvalue weighted by Gasteiger charge is -2.35. The Morgan fingerprint density at radius 1 is 1.03 bits per heavy atom. The SMILES string of the molecule is O=C(Nc1ccn[nH]1)c1cccc(S(=O)(=O)N2CCN(c3ccc(F)cc3)CC2)c1. The molecule has 0 bridgehead atoms. The lowest BCUT2D eigenvalue weighted by molar-refractivity contribution is 0.102. The Balaban J connectivity index is 1.46. The van der Waals surface area contributed by atoms with Crippen LogP contribution in [-0.4, -0.2) is 55.0 Å². The van der Waals surface area contributed by atoms with Gasteiger partial charge in [0.25, 0.3) is 5.91 Å². The third kappa shape index (κ3) is 4.19. The lowest BCUT2D eigenvalue weighted by atomic mass is 10.2. The molecule has 4 rings (SSSR count). The largest absolute Gasteiger partial charge is 0.369 e. The first kappa shape index (κ1) is 20.0. The van der Waals surface area contributed by atoms with Crippen molar-refractivity contribution in [3.8, 4) is 0 Å². The number of anilines is 2. The van der Waals surface area contributed by atoms with Gasteiger partial charge < -0.3 is 10.2 Å². The summed E-state index contributed by atoms with van der Waals surface area (Å²) in [5.74, 6) is -0.320. The molecule has 10 heteroatoms. The molecule has 0 unspecified atom stereocenters.